The summed E-state index contributed by atoms with van der Waals surface area (Å²) in [6.45, 7) is 4.59. The molecular weight excluding hydrogens is 184 g/mol. The Kier molecular flexibility index (Phi) is 4.03. The van der Waals surface area contributed by atoms with E-state index in [2.05, 4.69) is 5.32 Å². The number of Topliss-reactive ketones (excluding diaryl/α,β-unsaturated/α-hetero) is 1. The van der Waals surface area contributed by atoms with Crippen LogP contribution in [0.1, 0.15) is 13.3 Å². The molecule has 0 spiro atoms. The lowest BCUT2D eigenvalue weighted by atomic mass is 10.1. The highest BCUT2D eigenvalue weighted by Crippen LogP contribution is 2.07. The van der Waals surface area contributed by atoms with Gasteiger partial charge in [0.2, 0.25) is 0 Å². The van der Waals surface area contributed by atoms with E-state index in [1.807, 2.05) is 4.90 Å². The van der Waals surface area contributed by atoms with Gasteiger partial charge in [0.25, 0.3) is 0 Å². The summed E-state index contributed by atoms with van der Waals surface area (Å²) in [5.74, 6) is -0.974. The number of hydrogen-bond acceptors (Lipinski definition) is 4. The van der Waals surface area contributed by atoms with Crippen molar-refractivity contribution < 1.29 is 14.7 Å². The van der Waals surface area contributed by atoms with Gasteiger partial charge in [0.15, 0.2) is 0 Å². The molecule has 0 bridgehead atoms. The van der Waals surface area contributed by atoms with E-state index in [1.165, 1.54) is 6.92 Å². The van der Waals surface area contributed by atoms with Gasteiger partial charge in [-0.2, -0.15) is 0 Å². The van der Waals surface area contributed by atoms with E-state index in [0.29, 0.717) is 0 Å². The monoisotopic (exact) mass is 200 g/mol. The SMILES string of the molecule is CC(=O)C(CC(=O)O)N1CCNCC1. The van der Waals surface area contributed by atoms with E-state index in [-0.39, 0.29) is 12.2 Å². The number of ketones is 1. The molecular formula is C9H16N2O3. The van der Waals surface area contributed by atoms with Crippen molar-refractivity contribution in [2.75, 3.05) is 26.2 Å². The number of piperazine rings is 1. The first-order chi connectivity index (χ1) is 6.61. The Morgan fingerprint density at radius 3 is 2.43 bits per heavy atom. The molecule has 0 aliphatic carbocycles. The van der Waals surface area contributed by atoms with Gasteiger partial charge in [0.1, 0.15) is 5.78 Å². The lowest BCUT2D eigenvalue weighted by Gasteiger charge is -2.32. The van der Waals surface area contributed by atoms with Gasteiger partial charge in [-0.15, -0.1) is 0 Å². The van der Waals surface area contributed by atoms with Crippen LogP contribution in [0.3, 0.4) is 0 Å². The highest BCUT2D eigenvalue weighted by molar-refractivity contribution is 5.85. The van der Waals surface area contributed by atoms with Crippen molar-refractivity contribution in [3.8, 4) is 0 Å². The molecule has 1 saturated heterocycles. The molecule has 80 valence electrons. The summed E-state index contributed by atoms with van der Waals surface area (Å²) in [4.78, 5) is 23.8. The smallest absolute Gasteiger partial charge is 0.305 e. The highest BCUT2D eigenvalue weighted by Gasteiger charge is 2.26. The van der Waals surface area contributed by atoms with Gasteiger partial charge in [0.05, 0.1) is 12.5 Å². The van der Waals surface area contributed by atoms with Gasteiger partial charge in [-0.25, -0.2) is 0 Å². The molecule has 5 nitrogen and oxygen atoms in total. The summed E-state index contributed by atoms with van der Waals surface area (Å²) in [5.41, 5.74) is 0. The van der Waals surface area contributed by atoms with E-state index in [4.69, 9.17) is 5.11 Å². The van der Waals surface area contributed by atoms with Crippen LogP contribution in [-0.4, -0.2) is 54.0 Å². The number of carboxylic acids is 1. The van der Waals surface area contributed by atoms with Crippen molar-refractivity contribution in [3.63, 3.8) is 0 Å². The maximum Gasteiger partial charge on any atom is 0.305 e. The van der Waals surface area contributed by atoms with Gasteiger partial charge in [0, 0.05) is 26.2 Å². The first-order valence-corrected chi connectivity index (χ1v) is 4.78. The molecule has 0 aromatic carbocycles. The molecule has 1 aliphatic rings. The first-order valence-electron chi connectivity index (χ1n) is 4.78. The zero-order valence-corrected chi connectivity index (χ0v) is 8.32. The third-order valence-electron chi connectivity index (χ3n) is 2.43. The average molecular weight is 200 g/mol. The van der Waals surface area contributed by atoms with E-state index >= 15 is 0 Å². The number of nitrogens with zero attached hydrogens (tertiary/aromatic N) is 1. The lowest BCUT2D eigenvalue weighted by Crippen LogP contribution is -2.51. The van der Waals surface area contributed by atoms with Crippen molar-refractivity contribution in [1.82, 2.24) is 10.2 Å². The summed E-state index contributed by atoms with van der Waals surface area (Å²) in [5, 5.41) is 11.8. The third kappa shape index (κ3) is 3.08. The van der Waals surface area contributed by atoms with E-state index in [9.17, 15) is 9.59 Å². The zero-order valence-electron chi connectivity index (χ0n) is 8.32. The minimum atomic E-state index is -0.913. The molecule has 0 saturated carbocycles. The van der Waals surface area contributed by atoms with Crippen LogP contribution in [0, 0.1) is 0 Å². The Hall–Kier alpha value is -0.940. The summed E-state index contributed by atoms with van der Waals surface area (Å²) in [6.07, 6.45) is -0.0880. The molecule has 1 heterocycles. The van der Waals surface area contributed by atoms with Gasteiger partial charge in [-0.1, -0.05) is 0 Å². The quantitative estimate of drug-likeness (QED) is 0.629. The van der Waals surface area contributed by atoms with Crippen LogP contribution < -0.4 is 5.32 Å². The number of hydrogen-bond donors (Lipinski definition) is 2. The molecule has 14 heavy (non-hydrogen) atoms. The minimum absolute atomic E-state index is 0.0608. The molecule has 2 N–H and O–H groups in total. The molecule has 0 amide bonds. The van der Waals surface area contributed by atoms with Gasteiger partial charge < -0.3 is 10.4 Å². The average Bonchev–Trinajstić information content (AvgIpc) is 2.15. The van der Waals surface area contributed by atoms with Crippen molar-refractivity contribution >= 4 is 11.8 Å². The van der Waals surface area contributed by atoms with Crippen molar-refractivity contribution in [2.45, 2.75) is 19.4 Å². The molecule has 1 unspecified atom stereocenters. The Bertz CT molecular complexity index is 224. The second-order valence-electron chi connectivity index (χ2n) is 3.51. The Labute approximate surface area is 83.1 Å². The number of carboxylic acid groups (broad SMARTS) is 1. The highest BCUT2D eigenvalue weighted by atomic mass is 16.4. The van der Waals surface area contributed by atoms with Crippen LogP contribution in [0.25, 0.3) is 0 Å². The molecule has 1 aliphatic heterocycles. The summed E-state index contributed by atoms with van der Waals surface area (Å²) >= 11 is 0. The number of aliphatic carboxylic acids is 1. The first kappa shape index (κ1) is 11.1. The second-order valence-corrected chi connectivity index (χ2v) is 3.51. The van der Waals surface area contributed by atoms with E-state index in [1.54, 1.807) is 0 Å². The van der Waals surface area contributed by atoms with Crippen LogP contribution in [0.5, 0.6) is 0 Å². The largest absolute Gasteiger partial charge is 0.481 e. The molecule has 5 heteroatoms. The number of carbonyl (C=O) groups is 2. The molecule has 0 aromatic rings. The van der Waals surface area contributed by atoms with Crippen molar-refractivity contribution in [1.29, 1.82) is 0 Å². The Morgan fingerprint density at radius 2 is 2.00 bits per heavy atom. The van der Waals surface area contributed by atoms with E-state index < -0.39 is 12.0 Å². The Balaban J connectivity index is 2.56. The van der Waals surface area contributed by atoms with Crippen LogP contribution in [0.15, 0.2) is 0 Å². The second kappa shape index (κ2) is 5.07. The minimum Gasteiger partial charge on any atom is -0.481 e. The number of nitrogens with one attached hydrogen (secondary N) is 1. The third-order valence-corrected chi connectivity index (χ3v) is 2.43. The van der Waals surface area contributed by atoms with Crippen LogP contribution in [0.4, 0.5) is 0 Å². The fourth-order valence-corrected chi connectivity index (χ4v) is 1.69. The molecule has 0 radical (unpaired) electrons. The lowest BCUT2D eigenvalue weighted by molar-refractivity contribution is -0.141. The normalized spacial score (nSPS) is 20.4. The fraction of sp³-hybridized carbons (Fsp3) is 0.778. The summed E-state index contributed by atoms with van der Waals surface area (Å²) in [7, 11) is 0. The van der Waals surface area contributed by atoms with E-state index in [0.717, 1.165) is 26.2 Å². The number of carbonyl (C=O) groups excluding carboxylic acids is 1. The standard InChI is InChI=1S/C9H16N2O3/c1-7(12)8(6-9(13)14)11-4-2-10-3-5-11/h8,10H,2-6H2,1H3,(H,13,14). The van der Waals surface area contributed by atoms with Crippen LogP contribution >= 0.6 is 0 Å². The van der Waals surface area contributed by atoms with Gasteiger partial charge in [-0.3, -0.25) is 14.5 Å². The summed E-state index contributed by atoms with van der Waals surface area (Å²) in [6, 6.07) is -0.449. The molecule has 1 atom stereocenters. The summed E-state index contributed by atoms with van der Waals surface area (Å²) < 4.78 is 0. The van der Waals surface area contributed by atoms with Crippen LogP contribution in [-0.2, 0) is 9.59 Å². The number of rotatable bonds is 4. The molecule has 0 aromatic heterocycles. The van der Waals surface area contributed by atoms with Crippen molar-refractivity contribution in [2.24, 2.45) is 0 Å². The molecule has 1 fully saturated rings. The maximum absolute atomic E-state index is 11.3. The molecule has 1 rings (SSSR count). The van der Waals surface area contributed by atoms with Gasteiger partial charge >= 0.3 is 5.97 Å². The Morgan fingerprint density at radius 1 is 1.43 bits per heavy atom. The van der Waals surface area contributed by atoms with Gasteiger partial charge in [-0.05, 0) is 6.92 Å². The fourth-order valence-electron chi connectivity index (χ4n) is 1.69. The zero-order chi connectivity index (χ0) is 10.6. The van der Waals surface area contributed by atoms with Crippen LogP contribution in [0.2, 0.25) is 0 Å². The maximum atomic E-state index is 11.3. The topological polar surface area (TPSA) is 69.6 Å². The van der Waals surface area contributed by atoms with Crippen molar-refractivity contribution in [3.05, 3.63) is 0 Å². The predicted molar refractivity (Wildman–Crippen MR) is 51.2 cm³/mol. The predicted octanol–water partition coefficient (Wildman–Crippen LogP) is -0.676.